The minimum absolute atomic E-state index is 0.268. The monoisotopic (exact) mass is 258 g/mol. The molecule has 0 saturated carbocycles. The molecule has 0 radical (unpaired) electrons. The molecule has 2 N–H and O–H groups in total. The van der Waals surface area contributed by atoms with E-state index < -0.39 is 17.5 Å². The Labute approximate surface area is 103 Å². The van der Waals surface area contributed by atoms with Crippen molar-refractivity contribution >= 4 is 23.1 Å². The second kappa shape index (κ2) is 5.67. The molecule has 0 atom stereocenters. The van der Waals surface area contributed by atoms with Crippen LogP contribution in [0.2, 0.25) is 0 Å². The summed E-state index contributed by atoms with van der Waals surface area (Å²) in [5, 5.41) is 0. The van der Waals surface area contributed by atoms with Crippen LogP contribution >= 0.6 is 12.2 Å². The summed E-state index contributed by atoms with van der Waals surface area (Å²) in [5.74, 6) is -2.01. The van der Waals surface area contributed by atoms with E-state index in [0.29, 0.717) is 6.42 Å². The van der Waals surface area contributed by atoms with Gasteiger partial charge in [-0.3, -0.25) is 4.79 Å². The fourth-order valence-corrected chi connectivity index (χ4v) is 1.34. The van der Waals surface area contributed by atoms with Crippen LogP contribution in [0.1, 0.15) is 16.8 Å². The van der Waals surface area contributed by atoms with E-state index in [-0.39, 0.29) is 17.1 Å². The highest BCUT2D eigenvalue weighted by Gasteiger charge is 2.16. The first-order valence-electron chi connectivity index (χ1n) is 4.90. The van der Waals surface area contributed by atoms with Gasteiger partial charge in [-0.2, -0.15) is 0 Å². The van der Waals surface area contributed by atoms with Gasteiger partial charge in [-0.05, 0) is 18.2 Å². The van der Waals surface area contributed by atoms with Crippen molar-refractivity contribution in [2.45, 2.75) is 6.42 Å². The molecular weight excluding hydrogens is 246 g/mol. The van der Waals surface area contributed by atoms with Crippen molar-refractivity contribution in [2.24, 2.45) is 5.73 Å². The van der Waals surface area contributed by atoms with Crippen LogP contribution in [-0.4, -0.2) is 29.4 Å². The van der Waals surface area contributed by atoms with Gasteiger partial charge in [0.2, 0.25) is 0 Å². The first kappa shape index (κ1) is 13.5. The molecule has 1 aromatic rings. The zero-order valence-electron chi connectivity index (χ0n) is 9.24. The highest BCUT2D eigenvalue weighted by Crippen LogP contribution is 2.12. The van der Waals surface area contributed by atoms with Crippen LogP contribution in [-0.2, 0) is 0 Å². The third-order valence-electron chi connectivity index (χ3n) is 2.20. The number of amides is 1. The van der Waals surface area contributed by atoms with Gasteiger partial charge in [0, 0.05) is 20.0 Å². The fraction of sp³-hybridized carbons (Fsp3) is 0.273. The standard InChI is InChI=1S/C11H12F2N2OS/c1-15(5-4-10(14)17)11(16)8-6-7(12)2-3-9(8)13/h2-3,6H,4-5H2,1H3,(H2,14,17). The first-order valence-corrected chi connectivity index (χ1v) is 5.31. The summed E-state index contributed by atoms with van der Waals surface area (Å²) < 4.78 is 26.2. The van der Waals surface area contributed by atoms with Crippen molar-refractivity contribution in [2.75, 3.05) is 13.6 Å². The summed E-state index contributed by atoms with van der Waals surface area (Å²) >= 11 is 4.67. The molecule has 0 saturated heterocycles. The normalized spacial score (nSPS) is 10.1. The highest BCUT2D eigenvalue weighted by molar-refractivity contribution is 7.80. The topological polar surface area (TPSA) is 46.3 Å². The quantitative estimate of drug-likeness (QED) is 0.836. The van der Waals surface area contributed by atoms with Crippen LogP contribution < -0.4 is 5.73 Å². The molecule has 0 aliphatic heterocycles. The van der Waals surface area contributed by atoms with Gasteiger partial charge >= 0.3 is 0 Å². The van der Waals surface area contributed by atoms with E-state index in [2.05, 4.69) is 12.2 Å². The van der Waals surface area contributed by atoms with Crippen molar-refractivity contribution in [3.63, 3.8) is 0 Å². The summed E-state index contributed by atoms with van der Waals surface area (Å²) in [4.78, 5) is 13.3. The lowest BCUT2D eigenvalue weighted by Gasteiger charge is -2.17. The average Bonchev–Trinajstić information content (AvgIpc) is 2.28. The smallest absolute Gasteiger partial charge is 0.256 e. The minimum atomic E-state index is -0.751. The molecule has 0 aliphatic carbocycles. The van der Waals surface area contributed by atoms with Crippen molar-refractivity contribution in [3.05, 3.63) is 35.4 Å². The Bertz CT molecular complexity index is 451. The predicted molar refractivity (Wildman–Crippen MR) is 64.7 cm³/mol. The average molecular weight is 258 g/mol. The molecule has 0 unspecified atom stereocenters. The number of hydrogen-bond acceptors (Lipinski definition) is 2. The molecule has 0 heterocycles. The summed E-state index contributed by atoms with van der Waals surface area (Å²) in [6.07, 6.45) is 0.342. The van der Waals surface area contributed by atoms with Gasteiger partial charge in [-0.25, -0.2) is 8.78 Å². The summed E-state index contributed by atoms with van der Waals surface area (Å²) in [7, 11) is 1.48. The van der Waals surface area contributed by atoms with Crippen molar-refractivity contribution in [1.82, 2.24) is 4.90 Å². The number of carbonyl (C=O) groups excluding carboxylic acids is 1. The molecular formula is C11H12F2N2OS. The van der Waals surface area contributed by atoms with E-state index in [0.717, 1.165) is 18.2 Å². The van der Waals surface area contributed by atoms with Crippen LogP contribution in [0.25, 0.3) is 0 Å². The number of carbonyl (C=O) groups is 1. The summed E-state index contributed by atoms with van der Waals surface area (Å²) in [6.45, 7) is 0.268. The Morgan fingerprint density at radius 1 is 1.47 bits per heavy atom. The number of hydrogen-bond donors (Lipinski definition) is 1. The minimum Gasteiger partial charge on any atom is -0.393 e. The van der Waals surface area contributed by atoms with E-state index in [1.165, 1.54) is 11.9 Å². The van der Waals surface area contributed by atoms with E-state index >= 15 is 0 Å². The Morgan fingerprint density at radius 3 is 2.71 bits per heavy atom. The van der Waals surface area contributed by atoms with E-state index in [9.17, 15) is 13.6 Å². The number of nitrogens with two attached hydrogens (primary N) is 1. The van der Waals surface area contributed by atoms with Crippen LogP contribution in [0, 0.1) is 11.6 Å². The zero-order chi connectivity index (χ0) is 13.0. The van der Waals surface area contributed by atoms with E-state index in [1.54, 1.807) is 0 Å². The Hall–Kier alpha value is -1.56. The maximum Gasteiger partial charge on any atom is 0.256 e. The molecule has 3 nitrogen and oxygen atoms in total. The van der Waals surface area contributed by atoms with Gasteiger partial charge in [0.05, 0.1) is 10.6 Å². The molecule has 0 aromatic heterocycles. The predicted octanol–water partition coefficient (Wildman–Crippen LogP) is 1.71. The maximum atomic E-state index is 13.3. The van der Waals surface area contributed by atoms with Crippen LogP contribution in [0.4, 0.5) is 8.78 Å². The molecule has 6 heteroatoms. The number of halogens is 2. The van der Waals surface area contributed by atoms with Gasteiger partial charge in [-0.15, -0.1) is 0 Å². The second-order valence-electron chi connectivity index (χ2n) is 3.57. The van der Waals surface area contributed by atoms with Gasteiger partial charge in [0.15, 0.2) is 0 Å². The van der Waals surface area contributed by atoms with Crippen molar-refractivity contribution in [1.29, 1.82) is 0 Å². The number of rotatable bonds is 4. The molecule has 0 bridgehead atoms. The largest absolute Gasteiger partial charge is 0.393 e. The third-order valence-corrected chi connectivity index (χ3v) is 2.40. The molecule has 0 aliphatic rings. The SMILES string of the molecule is CN(CCC(N)=S)C(=O)c1cc(F)ccc1F. The zero-order valence-corrected chi connectivity index (χ0v) is 10.1. The van der Waals surface area contributed by atoms with Crippen molar-refractivity contribution < 1.29 is 13.6 Å². The lowest BCUT2D eigenvalue weighted by Crippen LogP contribution is -2.30. The van der Waals surface area contributed by atoms with Gasteiger partial charge in [-0.1, -0.05) is 12.2 Å². The first-order chi connectivity index (χ1) is 7.91. The molecule has 17 heavy (non-hydrogen) atoms. The summed E-state index contributed by atoms with van der Waals surface area (Å²) in [6, 6.07) is 2.75. The Balaban J connectivity index is 2.81. The third kappa shape index (κ3) is 3.74. The van der Waals surface area contributed by atoms with Gasteiger partial charge in [0.25, 0.3) is 5.91 Å². The molecule has 1 rings (SSSR count). The van der Waals surface area contributed by atoms with E-state index in [1.807, 2.05) is 0 Å². The summed E-state index contributed by atoms with van der Waals surface area (Å²) in [5.41, 5.74) is 5.00. The Morgan fingerprint density at radius 2 is 2.12 bits per heavy atom. The number of thiocarbonyl (C=S) groups is 1. The van der Waals surface area contributed by atoms with Crippen molar-refractivity contribution in [3.8, 4) is 0 Å². The lowest BCUT2D eigenvalue weighted by molar-refractivity contribution is 0.0794. The highest BCUT2D eigenvalue weighted by atomic mass is 32.1. The lowest BCUT2D eigenvalue weighted by atomic mass is 10.2. The molecule has 1 amide bonds. The van der Waals surface area contributed by atoms with E-state index in [4.69, 9.17) is 5.73 Å². The number of nitrogens with zero attached hydrogens (tertiary/aromatic N) is 1. The van der Waals surface area contributed by atoms with Crippen LogP contribution in [0.15, 0.2) is 18.2 Å². The number of benzene rings is 1. The fourth-order valence-electron chi connectivity index (χ4n) is 1.25. The van der Waals surface area contributed by atoms with Gasteiger partial charge in [0.1, 0.15) is 11.6 Å². The molecule has 1 aromatic carbocycles. The van der Waals surface area contributed by atoms with Crippen LogP contribution in [0.3, 0.4) is 0 Å². The second-order valence-corrected chi connectivity index (χ2v) is 4.09. The molecule has 0 spiro atoms. The van der Waals surface area contributed by atoms with Crippen LogP contribution in [0.5, 0.6) is 0 Å². The van der Waals surface area contributed by atoms with Gasteiger partial charge < -0.3 is 10.6 Å². The Kier molecular flexibility index (Phi) is 4.51. The maximum absolute atomic E-state index is 13.3. The molecule has 0 fully saturated rings. The molecule has 92 valence electrons.